The highest BCUT2D eigenvalue weighted by Gasteiger charge is 2.21. The van der Waals surface area contributed by atoms with E-state index in [-0.39, 0.29) is 19.2 Å². The van der Waals surface area contributed by atoms with Crippen LogP contribution < -0.4 is 24.8 Å². The first-order chi connectivity index (χ1) is 14.6. The molecule has 0 radical (unpaired) electrons. The Morgan fingerprint density at radius 2 is 1.77 bits per heavy atom. The number of esters is 1. The highest BCUT2D eigenvalue weighted by molar-refractivity contribution is 5.98. The first-order valence-electron chi connectivity index (χ1n) is 9.29. The number of hydrogen-bond donors (Lipinski definition) is 2. The number of carbonyl (C=O) groups is 3. The molecule has 0 unspecified atom stereocenters. The Balaban J connectivity index is 1.35. The van der Waals surface area contributed by atoms with Gasteiger partial charge in [-0.1, -0.05) is 24.3 Å². The molecule has 1 atom stereocenters. The molecule has 9 heteroatoms. The second-order valence-corrected chi connectivity index (χ2v) is 6.35. The standard InChI is InChI=1S/C21H22N2O7/c1-27-16-7-3-2-6-15(16)21(26)23-11-20(25)29-13-19(24)22-10-14-12-28-17-8-4-5-9-18(17)30-14/h2-9,14H,10-13H2,1H3,(H,22,24)(H,23,26)/t14-/m1/s1. The number of fused-ring (bicyclic) bond motifs is 1. The van der Waals surface area contributed by atoms with Crippen LogP contribution in [0.4, 0.5) is 0 Å². The van der Waals surface area contributed by atoms with E-state index in [1.54, 1.807) is 36.4 Å². The highest BCUT2D eigenvalue weighted by Crippen LogP contribution is 2.30. The average molecular weight is 414 g/mol. The molecule has 0 aromatic heterocycles. The van der Waals surface area contributed by atoms with E-state index in [9.17, 15) is 14.4 Å². The van der Waals surface area contributed by atoms with Gasteiger partial charge >= 0.3 is 5.97 Å². The van der Waals surface area contributed by atoms with Crippen molar-refractivity contribution in [2.45, 2.75) is 6.10 Å². The summed E-state index contributed by atoms with van der Waals surface area (Å²) in [7, 11) is 1.45. The molecule has 158 valence electrons. The molecule has 0 aliphatic carbocycles. The summed E-state index contributed by atoms with van der Waals surface area (Å²) in [6.07, 6.45) is -0.348. The maximum absolute atomic E-state index is 12.1. The molecule has 0 saturated heterocycles. The molecule has 0 bridgehead atoms. The number of para-hydroxylation sites is 3. The normalized spacial score (nSPS) is 14.4. The van der Waals surface area contributed by atoms with Gasteiger partial charge in [-0.2, -0.15) is 0 Å². The molecule has 2 aromatic rings. The average Bonchev–Trinajstić information content (AvgIpc) is 2.79. The van der Waals surface area contributed by atoms with Crippen LogP contribution >= 0.6 is 0 Å². The van der Waals surface area contributed by atoms with Gasteiger partial charge in [0.25, 0.3) is 11.8 Å². The van der Waals surface area contributed by atoms with Gasteiger partial charge in [-0.3, -0.25) is 14.4 Å². The molecule has 3 rings (SSSR count). The lowest BCUT2D eigenvalue weighted by molar-refractivity contribution is -0.147. The first kappa shape index (κ1) is 21.0. The maximum atomic E-state index is 12.1. The maximum Gasteiger partial charge on any atom is 0.325 e. The van der Waals surface area contributed by atoms with Crippen LogP contribution in [0.5, 0.6) is 17.2 Å². The lowest BCUT2D eigenvalue weighted by atomic mass is 10.2. The molecule has 2 amide bonds. The summed E-state index contributed by atoms with van der Waals surface area (Å²) in [6.45, 7) is -0.338. The van der Waals surface area contributed by atoms with E-state index in [2.05, 4.69) is 10.6 Å². The summed E-state index contributed by atoms with van der Waals surface area (Å²) in [5, 5.41) is 5.05. The minimum atomic E-state index is -0.737. The third-order valence-electron chi connectivity index (χ3n) is 4.20. The fraction of sp³-hybridized carbons (Fsp3) is 0.286. The smallest absolute Gasteiger partial charge is 0.325 e. The van der Waals surface area contributed by atoms with Crippen molar-refractivity contribution in [1.82, 2.24) is 10.6 Å². The number of carbonyl (C=O) groups excluding carboxylic acids is 3. The minimum absolute atomic E-state index is 0.204. The van der Waals surface area contributed by atoms with E-state index in [0.29, 0.717) is 29.4 Å². The number of ether oxygens (including phenoxy) is 4. The Morgan fingerprint density at radius 1 is 1.03 bits per heavy atom. The zero-order valence-corrected chi connectivity index (χ0v) is 16.4. The fourth-order valence-electron chi connectivity index (χ4n) is 2.72. The Morgan fingerprint density at radius 3 is 2.57 bits per heavy atom. The van der Waals surface area contributed by atoms with Gasteiger partial charge in [0.1, 0.15) is 25.0 Å². The molecular weight excluding hydrogens is 392 g/mol. The van der Waals surface area contributed by atoms with Gasteiger partial charge in [0.2, 0.25) is 0 Å². The van der Waals surface area contributed by atoms with E-state index < -0.39 is 24.4 Å². The Kier molecular flexibility index (Phi) is 7.09. The van der Waals surface area contributed by atoms with Crippen molar-refractivity contribution in [3.63, 3.8) is 0 Å². The van der Waals surface area contributed by atoms with Crippen LogP contribution in [0, 0.1) is 0 Å². The molecule has 0 saturated carbocycles. The molecule has 0 fully saturated rings. The predicted octanol–water partition coefficient (Wildman–Crippen LogP) is 0.924. The van der Waals surface area contributed by atoms with Crippen LogP contribution in [-0.4, -0.2) is 57.3 Å². The van der Waals surface area contributed by atoms with Gasteiger partial charge in [0.05, 0.1) is 19.2 Å². The number of amides is 2. The lowest BCUT2D eigenvalue weighted by Gasteiger charge is -2.26. The molecule has 9 nitrogen and oxygen atoms in total. The Bertz CT molecular complexity index is 916. The summed E-state index contributed by atoms with van der Waals surface area (Å²) in [5.74, 6) is -0.0475. The largest absolute Gasteiger partial charge is 0.496 e. The van der Waals surface area contributed by atoms with Gasteiger partial charge in [0, 0.05) is 0 Å². The van der Waals surface area contributed by atoms with Crippen LogP contribution in [0.3, 0.4) is 0 Å². The lowest BCUT2D eigenvalue weighted by Crippen LogP contribution is -2.42. The molecule has 0 spiro atoms. The third kappa shape index (κ3) is 5.63. The van der Waals surface area contributed by atoms with Crippen molar-refractivity contribution in [3.05, 3.63) is 54.1 Å². The number of rotatable bonds is 8. The highest BCUT2D eigenvalue weighted by atomic mass is 16.6. The van der Waals surface area contributed by atoms with E-state index in [1.807, 2.05) is 12.1 Å². The molecule has 1 aliphatic heterocycles. The molecular formula is C21H22N2O7. The Hall–Kier alpha value is -3.75. The van der Waals surface area contributed by atoms with Gasteiger partial charge in [-0.25, -0.2) is 0 Å². The van der Waals surface area contributed by atoms with Gasteiger partial charge in [-0.05, 0) is 24.3 Å². The van der Waals surface area contributed by atoms with Crippen LogP contribution in [-0.2, 0) is 14.3 Å². The minimum Gasteiger partial charge on any atom is -0.496 e. The SMILES string of the molecule is COc1ccccc1C(=O)NCC(=O)OCC(=O)NC[C@@H]1COc2ccccc2O1. The molecule has 1 aliphatic rings. The third-order valence-corrected chi connectivity index (χ3v) is 4.20. The van der Waals surface area contributed by atoms with E-state index in [0.717, 1.165) is 0 Å². The molecule has 2 N–H and O–H groups in total. The van der Waals surface area contributed by atoms with Crippen molar-refractivity contribution in [2.24, 2.45) is 0 Å². The number of benzene rings is 2. The van der Waals surface area contributed by atoms with Crippen LogP contribution in [0.1, 0.15) is 10.4 Å². The van der Waals surface area contributed by atoms with Crippen LogP contribution in [0.15, 0.2) is 48.5 Å². The molecule has 2 aromatic carbocycles. The van der Waals surface area contributed by atoms with E-state index in [1.165, 1.54) is 7.11 Å². The number of methoxy groups -OCH3 is 1. The second-order valence-electron chi connectivity index (χ2n) is 6.35. The van der Waals surface area contributed by atoms with Crippen LogP contribution in [0.25, 0.3) is 0 Å². The molecule has 30 heavy (non-hydrogen) atoms. The summed E-state index contributed by atoms with van der Waals surface area (Å²) >= 11 is 0. The number of nitrogens with one attached hydrogen (secondary N) is 2. The summed E-state index contributed by atoms with van der Waals surface area (Å²) in [4.78, 5) is 35.8. The van der Waals surface area contributed by atoms with Gasteiger partial charge < -0.3 is 29.6 Å². The topological polar surface area (TPSA) is 112 Å². The van der Waals surface area contributed by atoms with E-state index >= 15 is 0 Å². The quantitative estimate of drug-likeness (QED) is 0.618. The monoisotopic (exact) mass is 414 g/mol. The zero-order valence-electron chi connectivity index (χ0n) is 16.4. The second kappa shape index (κ2) is 10.1. The van der Waals surface area contributed by atoms with Crippen molar-refractivity contribution >= 4 is 17.8 Å². The predicted molar refractivity (Wildman–Crippen MR) is 106 cm³/mol. The fourth-order valence-corrected chi connectivity index (χ4v) is 2.72. The summed E-state index contributed by atoms with van der Waals surface area (Å²) in [6, 6.07) is 13.9. The number of hydrogen-bond acceptors (Lipinski definition) is 7. The van der Waals surface area contributed by atoms with E-state index in [4.69, 9.17) is 18.9 Å². The van der Waals surface area contributed by atoms with Crippen molar-refractivity contribution < 1.29 is 33.3 Å². The molecule has 1 heterocycles. The Labute approximate surface area is 173 Å². The summed E-state index contributed by atoms with van der Waals surface area (Å²) < 4.78 is 21.3. The zero-order chi connectivity index (χ0) is 21.3. The van der Waals surface area contributed by atoms with Gasteiger partial charge in [-0.15, -0.1) is 0 Å². The van der Waals surface area contributed by atoms with Crippen molar-refractivity contribution in [3.8, 4) is 17.2 Å². The van der Waals surface area contributed by atoms with Crippen molar-refractivity contribution in [1.29, 1.82) is 0 Å². The van der Waals surface area contributed by atoms with Crippen molar-refractivity contribution in [2.75, 3.05) is 33.4 Å². The summed E-state index contributed by atoms with van der Waals surface area (Å²) in [5.41, 5.74) is 0.293. The van der Waals surface area contributed by atoms with Crippen LogP contribution in [0.2, 0.25) is 0 Å². The first-order valence-corrected chi connectivity index (χ1v) is 9.29. The van der Waals surface area contributed by atoms with Gasteiger partial charge in [0.15, 0.2) is 18.1 Å².